The summed E-state index contributed by atoms with van der Waals surface area (Å²) in [5, 5.41) is 0. The molecule has 1 aromatic carbocycles. The maximum atomic E-state index is 12.4. The van der Waals surface area contributed by atoms with E-state index in [0.29, 0.717) is 0 Å². The van der Waals surface area contributed by atoms with Crippen LogP contribution in [0, 0.1) is 12.8 Å². The molecule has 1 rings (SSSR count). The Hall–Kier alpha value is -1.93. The van der Waals surface area contributed by atoms with Gasteiger partial charge in [0, 0.05) is 0 Å². The molecule has 0 aliphatic heterocycles. The van der Waals surface area contributed by atoms with Gasteiger partial charge in [-0.1, -0.05) is 31.5 Å². The van der Waals surface area contributed by atoms with Gasteiger partial charge in [-0.05, 0) is 25.0 Å². The van der Waals surface area contributed by atoms with Gasteiger partial charge in [0.2, 0.25) is 10.0 Å². The molecular formula is C15H21NO6S. The van der Waals surface area contributed by atoms with Gasteiger partial charge in [-0.3, -0.25) is 9.59 Å². The van der Waals surface area contributed by atoms with Crippen molar-refractivity contribution in [1.82, 2.24) is 4.72 Å². The number of sulfonamides is 1. The summed E-state index contributed by atoms with van der Waals surface area (Å²) in [4.78, 5) is 22.6. The van der Waals surface area contributed by atoms with Crippen molar-refractivity contribution in [1.29, 1.82) is 0 Å². The van der Waals surface area contributed by atoms with E-state index in [0.717, 1.165) is 12.7 Å². The molecule has 7 nitrogen and oxygen atoms in total. The molecule has 128 valence electrons. The highest BCUT2D eigenvalue weighted by molar-refractivity contribution is 7.89. The van der Waals surface area contributed by atoms with E-state index in [4.69, 9.17) is 4.74 Å². The molecule has 0 aliphatic carbocycles. The van der Waals surface area contributed by atoms with Crippen LogP contribution in [0.1, 0.15) is 19.4 Å². The first-order valence-electron chi connectivity index (χ1n) is 6.99. The van der Waals surface area contributed by atoms with Gasteiger partial charge in [-0.2, -0.15) is 4.72 Å². The van der Waals surface area contributed by atoms with Crippen molar-refractivity contribution < 1.29 is 27.5 Å². The van der Waals surface area contributed by atoms with Crippen LogP contribution in [0.3, 0.4) is 0 Å². The van der Waals surface area contributed by atoms with Gasteiger partial charge >= 0.3 is 5.97 Å². The number of hydrogen-bond acceptors (Lipinski definition) is 6. The number of benzene rings is 1. The van der Waals surface area contributed by atoms with Crippen LogP contribution in [-0.2, 0) is 29.1 Å². The predicted octanol–water partition coefficient (Wildman–Crippen LogP) is 1.01. The van der Waals surface area contributed by atoms with Crippen molar-refractivity contribution >= 4 is 22.5 Å². The fraction of sp³-hybridized carbons (Fsp3) is 0.467. The van der Waals surface area contributed by atoms with Gasteiger partial charge in [0.1, 0.15) is 6.10 Å². The zero-order valence-electron chi connectivity index (χ0n) is 13.5. The lowest BCUT2D eigenvalue weighted by molar-refractivity contribution is -0.151. The van der Waals surface area contributed by atoms with Crippen molar-refractivity contribution in [2.45, 2.75) is 37.8 Å². The van der Waals surface area contributed by atoms with E-state index in [2.05, 4.69) is 9.46 Å². The van der Waals surface area contributed by atoms with Crippen molar-refractivity contribution in [2.24, 2.45) is 5.92 Å². The summed E-state index contributed by atoms with van der Waals surface area (Å²) >= 11 is 0. The molecular weight excluding hydrogens is 322 g/mol. The molecule has 0 aromatic heterocycles. The fourth-order valence-electron chi connectivity index (χ4n) is 2.01. The number of ether oxygens (including phenoxy) is 2. The average molecular weight is 343 g/mol. The fourth-order valence-corrected chi connectivity index (χ4v) is 3.21. The predicted molar refractivity (Wildman–Crippen MR) is 83.1 cm³/mol. The van der Waals surface area contributed by atoms with Crippen LogP contribution >= 0.6 is 0 Å². The lowest BCUT2D eigenvalue weighted by Gasteiger charge is -2.27. The number of carbonyl (C=O) groups is 2. The third kappa shape index (κ3) is 5.04. The van der Waals surface area contributed by atoms with Crippen LogP contribution in [0.4, 0.5) is 0 Å². The second-order valence-electron chi connectivity index (χ2n) is 5.38. The number of hydrogen-bond donors (Lipinski definition) is 1. The molecule has 1 N–H and O–H groups in total. The monoisotopic (exact) mass is 343 g/mol. The first kappa shape index (κ1) is 19.1. The summed E-state index contributed by atoms with van der Waals surface area (Å²) in [6.45, 7) is 5.41. The van der Waals surface area contributed by atoms with Gasteiger partial charge < -0.3 is 9.47 Å². The highest BCUT2D eigenvalue weighted by Gasteiger charge is 2.36. The Kier molecular flexibility index (Phi) is 6.71. The molecule has 23 heavy (non-hydrogen) atoms. The Balaban J connectivity index is 3.15. The summed E-state index contributed by atoms with van der Waals surface area (Å²) in [7, 11) is -2.84. The molecule has 0 amide bonds. The number of methoxy groups -OCH3 is 1. The lowest BCUT2D eigenvalue weighted by Crippen LogP contribution is -2.52. The highest BCUT2D eigenvalue weighted by Crippen LogP contribution is 2.16. The van der Waals surface area contributed by atoms with Crippen LogP contribution in [-0.4, -0.2) is 40.1 Å². The maximum Gasteiger partial charge on any atom is 0.327 e. The summed E-state index contributed by atoms with van der Waals surface area (Å²) in [5.41, 5.74) is 0.901. The Bertz CT molecular complexity index is 638. The highest BCUT2D eigenvalue weighted by atomic mass is 32.2. The SMILES string of the molecule is COC(=O)[C@@H](NS(=O)(=O)c1ccc(C)cc1)[C@H](OC=O)C(C)C. The van der Waals surface area contributed by atoms with Crippen LogP contribution < -0.4 is 4.72 Å². The first-order valence-corrected chi connectivity index (χ1v) is 8.47. The van der Waals surface area contributed by atoms with Gasteiger partial charge in [-0.25, -0.2) is 8.42 Å². The van der Waals surface area contributed by atoms with E-state index in [1.807, 2.05) is 6.92 Å². The Morgan fingerprint density at radius 2 is 1.78 bits per heavy atom. The first-order chi connectivity index (χ1) is 10.7. The number of esters is 1. The Labute approximate surface area is 136 Å². The van der Waals surface area contributed by atoms with Crippen LogP contribution in [0.5, 0.6) is 0 Å². The molecule has 2 atom stereocenters. The minimum absolute atomic E-state index is 0.00520. The van der Waals surface area contributed by atoms with Gasteiger partial charge in [0.05, 0.1) is 12.0 Å². The third-order valence-electron chi connectivity index (χ3n) is 3.27. The average Bonchev–Trinajstić information content (AvgIpc) is 2.50. The normalized spacial score (nSPS) is 14.1. The van der Waals surface area contributed by atoms with E-state index >= 15 is 0 Å². The molecule has 0 spiro atoms. The zero-order valence-corrected chi connectivity index (χ0v) is 14.3. The summed E-state index contributed by atoms with van der Waals surface area (Å²) in [6, 6.07) is 4.80. The maximum absolute atomic E-state index is 12.4. The van der Waals surface area contributed by atoms with Gasteiger partial charge in [0.15, 0.2) is 6.04 Å². The molecule has 8 heteroatoms. The van der Waals surface area contributed by atoms with Crippen molar-refractivity contribution in [3.63, 3.8) is 0 Å². The topological polar surface area (TPSA) is 98.8 Å². The molecule has 0 fully saturated rings. The number of nitrogens with one attached hydrogen (secondary N) is 1. The second-order valence-corrected chi connectivity index (χ2v) is 7.09. The Morgan fingerprint density at radius 3 is 2.22 bits per heavy atom. The molecule has 0 saturated carbocycles. The van der Waals surface area contributed by atoms with Crippen LogP contribution in [0.15, 0.2) is 29.2 Å². The molecule has 0 heterocycles. The third-order valence-corrected chi connectivity index (χ3v) is 4.72. The van der Waals surface area contributed by atoms with Gasteiger partial charge in [0.25, 0.3) is 6.47 Å². The minimum Gasteiger partial charge on any atom is -0.468 e. The van der Waals surface area contributed by atoms with Crippen LogP contribution in [0.2, 0.25) is 0 Å². The molecule has 0 radical (unpaired) electrons. The standard InChI is InChI=1S/C15H21NO6S/c1-10(2)14(22-9-17)13(15(18)21-4)16-23(19,20)12-7-5-11(3)6-8-12/h5-10,13-14,16H,1-4H3/t13-,14+/m0/s1. The summed E-state index contributed by atoms with van der Waals surface area (Å²) in [5.74, 6) is -1.13. The molecule has 0 aliphatic rings. The quantitative estimate of drug-likeness (QED) is 0.559. The second kappa shape index (κ2) is 8.07. The Morgan fingerprint density at radius 1 is 1.22 bits per heavy atom. The molecule has 0 bridgehead atoms. The molecule has 1 aromatic rings. The van der Waals surface area contributed by atoms with E-state index in [1.54, 1.807) is 26.0 Å². The van der Waals surface area contributed by atoms with Gasteiger partial charge in [-0.15, -0.1) is 0 Å². The minimum atomic E-state index is -3.97. The van der Waals surface area contributed by atoms with Crippen molar-refractivity contribution in [2.75, 3.05) is 7.11 Å². The smallest absolute Gasteiger partial charge is 0.327 e. The van der Waals surface area contributed by atoms with Crippen LogP contribution in [0.25, 0.3) is 0 Å². The number of rotatable bonds is 8. The molecule has 0 unspecified atom stereocenters. The number of aryl methyl sites for hydroxylation is 1. The molecule has 0 saturated heterocycles. The summed E-state index contributed by atoms with van der Waals surface area (Å²) < 4.78 is 36.7. The zero-order chi connectivity index (χ0) is 17.6. The van der Waals surface area contributed by atoms with E-state index in [-0.39, 0.29) is 17.3 Å². The van der Waals surface area contributed by atoms with E-state index in [1.165, 1.54) is 12.1 Å². The summed E-state index contributed by atoms with van der Waals surface area (Å²) in [6.07, 6.45) is -0.986. The van der Waals surface area contributed by atoms with E-state index in [9.17, 15) is 18.0 Å². The van der Waals surface area contributed by atoms with E-state index < -0.39 is 28.1 Å². The lowest BCUT2D eigenvalue weighted by atomic mass is 10.0. The van der Waals surface area contributed by atoms with Crippen molar-refractivity contribution in [3.8, 4) is 0 Å². The largest absolute Gasteiger partial charge is 0.468 e. The number of carbonyl (C=O) groups excluding carboxylic acids is 2. The van der Waals surface area contributed by atoms with Crippen molar-refractivity contribution in [3.05, 3.63) is 29.8 Å².